The molecule has 2 heterocycles. The Balaban J connectivity index is 1.92. The fourth-order valence-corrected chi connectivity index (χ4v) is 3.55. The molecule has 3 rings (SSSR count). The zero-order chi connectivity index (χ0) is 14.1. The lowest BCUT2D eigenvalue weighted by Gasteiger charge is -2.06. The summed E-state index contributed by atoms with van der Waals surface area (Å²) in [5.41, 5.74) is 1.94. The van der Waals surface area contributed by atoms with Crippen LogP contribution in [0.15, 0.2) is 34.8 Å². The number of aromatic nitrogens is 3. The van der Waals surface area contributed by atoms with E-state index in [1.165, 1.54) is 11.8 Å². The molecule has 0 aliphatic rings. The SMILES string of the molecule is Cc1nc(CSc2nc3ccccc3n2C(F)F)cs1. The molecular formula is C13H11F2N3S2. The van der Waals surface area contributed by atoms with Gasteiger partial charge < -0.3 is 0 Å². The number of imidazole rings is 1. The van der Waals surface area contributed by atoms with Crippen LogP contribution in [0.25, 0.3) is 11.0 Å². The minimum absolute atomic E-state index is 0.326. The molecule has 3 aromatic rings. The van der Waals surface area contributed by atoms with Crippen molar-refractivity contribution in [3.8, 4) is 0 Å². The minimum atomic E-state index is -2.60. The van der Waals surface area contributed by atoms with Gasteiger partial charge in [0.1, 0.15) is 0 Å². The summed E-state index contributed by atoms with van der Waals surface area (Å²) in [4.78, 5) is 8.60. The number of para-hydroxylation sites is 2. The van der Waals surface area contributed by atoms with Gasteiger partial charge in [-0.05, 0) is 19.1 Å². The van der Waals surface area contributed by atoms with Crippen molar-refractivity contribution in [2.24, 2.45) is 0 Å². The molecule has 2 aromatic heterocycles. The highest BCUT2D eigenvalue weighted by molar-refractivity contribution is 7.98. The van der Waals surface area contributed by atoms with E-state index in [2.05, 4.69) is 9.97 Å². The standard InChI is InChI=1S/C13H11F2N3S2/c1-8-16-9(6-19-8)7-20-13-17-10-4-2-3-5-11(10)18(13)12(14)15/h2-6,12H,7H2,1H3. The molecule has 0 bridgehead atoms. The van der Waals surface area contributed by atoms with Gasteiger partial charge in [0.2, 0.25) is 0 Å². The number of alkyl halides is 2. The highest BCUT2D eigenvalue weighted by Crippen LogP contribution is 2.31. The molecular weight excluding hydrogens is 300 g/mol. The predicted molar refractivity (Wildman–Crippen MR) is 77.4 cm³/mol. The molecule has 0 amide bonds. The van der Waals surface area contributed by atoms with Crippen LogP contribution < -0.4 is 0 Å². The fraction of sp³-hybridized carbons (Fsp3) is 0.231. The van der Waals surface area contributed by atoms with E-state index in [4.69, 9.17) is 0 Å². The van der Waals surface area contributed by atoms with E-state index in [9.17, 15) is 8.78 Å². The number of aryl methyl sites for hydroxylation is 1. The summed E-state index contributed by atoms with van der Waals surface area (Å²) in [5.74, 6) is 0.542. The highest BCUT2D eigenvalue weighted by atomic mass is 32.2. The molecule has 0 saturated heterocycles. The number of fused-ring (bicyclic) bond motifs is 1. The number of thioether (sulfide) groups is 1. The van der Waals surface area contributed by atoms with Gasteiger partial charge in [0, 0.05) is 11.1 Å². The minimum Gasteiger partial charge on any atom is -0.261 e. The lowest BCUT2D eigenvalue weighted by atomic mass is 10.3. The Kier molecular flexibility index (Phi) is 3.71. The van der Waals surface area contributed by atoms with Gasteiger partial charge in [0.05, 0.1) is 21.7 Å². The van der Waals surface area contributed by atoms with Gasteiger partial charge in [-0.25, -0.2) is 9.97 Å². The molecule has 0 N–H and O–H groups in total. The number of hydrogen-bond acceptors (Lipinski definition) is 4. The van der Waals surface area contributed by atoms with Crippen LogP contribution in [0, 0.1) is 6.92 Å². The second-order valence-electron chi connectivity index (χ2n) is 4.18. The average molecular weight is 311 g/mol. The van der Waals surface area contributed by atoms with Crippen LogP contribution in [0.1, 0.15) is 17.3 Å². The van der Waals surface area contributed by atoms with Gasteiger partial charge in [-0.15, -0.1) is 11.3 Å². The van der Waals surface area contributed by atoms with E-state index in [1.807, 2.05) is 12.3 Å². The third-order valence-electron chi connectivity index (χ3n) is 2.77. The Bertz CT molecular complexity index is 736. The van der Waals surface area contributed by atoms with E-state index < -0.39 is 6.55 Å². The van der Waals surface area contributed by atoms with Gasteiger partial charge >= 0.3 is 6.55 Å². The molecule has 0 saturated carbocycles. The third-order valence-corrected chi connectivity index (χ3v) is 4.58. The van der Waals surface area contributed by atoms with Crippen molar-refractivity contribution in [2.75, 3.05) is 0 Å². The molecule has 0 fully saturated rings. The van der Waals surface area contributed by atoms with Gasteiger partial charge in [-0.1, -0.05) is 23.9 Å². The first kappa shape index (κ1) is 13.5. The summed E-state index contributed by atoms with van der Waals surface area (Å²) in [7, 11) is 0. The fourth-order valence-electron chi connectivity index (χ4n) is 1.93. The summed E-state index contributed by atoms with van der Waals surface area (Å²) in [5, 5.41) is 3.24. The maximum atomic E-state index is 13.2. The maximum Gasteiger partial charge on any atom is 0.321 e. The van der Waals surface area contributed by atoms with Crippen molar-refractivity contribution in [1.82, 2.24) is 14.5 Å². The molecule has 0 atom stereocenters. The summed E-state index contributed by atoms with van der Waals surface area (Å²) < 4.78 is 27.4. The van der Waals surface area contributed by atoms with Gasteiger partial charge in [0.25, 0.3) is 0 Å². The lowest BCUT2D eigenvalue weighted by molar-refractivity contribution is 0.0656. The molecule has 0 aliphatic carbocycles. The Hall–Kier alpha value is -1.47. The summed E-state index contributed by atoms with van der Waals surface area (Å²) in [6, 6.07) is 6.93. The van der Waals surface area contributed by atoms with Crippen molar-refractivity contribution >= 4 is 34.1 Å². The quantitative estimate of drug-likeness (QED) is 0.665. The summed E-state index contributed by atoms with van der Waals surface area (Å²) in [6.45, 7) is -0.671. The molecule has 3 nitrogen and oxygen atoms in total. The van der Waals surface area contributed by atoms with Crippen molar-refractivity contribution < 1.29 is 8.78 Å². The van der Waals surface area contributed by atoms with Gasteiger partial charge in [0.15, 0.2) is 5.16 Å². The van der Waals surface area contributed by atoms with E-state index in [1.54, 1.807) is 35.6 Å². The van der Waals surface area contributed by atoms with Crippen molar-refractivity contribution in [1.29, 1.82) is 0 Å². The normalized spacial score (nSPS) is 11.6. The van der Waals surface area contributed by atoms with Gasteiger partial charge in [-0.2, -0.15) is 8.78 Å². The van der Waals surface area contributed by atoms with Crippen LogP contribution >= 0.6 is 23.1 Å². The largest absolute Gasteiger partial charge is 0.321 e. The summed E-state index contributed by atoms with van der Waals surface area (Å²) >= 11 is 2.84. The Labute approximate surface area is 122 Å². The average Bonchev–Trinajstić information content (AvgIpc) is 2.99. The molecule has 0 spiro atoms. The number of hydrogen-bond donors (Lipinski definition) is 0. The van der Waals surface area contributed by atoms with E-state index in [-0.39, 0.29) is 0 Å². The van der Waals surface area contributed by atoms with E-state index >= 15 is 0 Å². The zero-order valence-corrected chi connectivity index (χ0v) is 12.2. The second kappa shape index (κ2) is 5.49. The number of benzene rings is 1. The van der Waals surface area contributed by atoms with Crippen LogP contribution in [-0.4, -0.2) is 14.5 Å². The summed E-state index contributed by atoms with van der Waals surface area (Å²) in [6.07, 6.45) is 0. The Morgan fingerprint density at radius 1 is 1.30 bits per heavy atom. The Morgan fingerprint density at radius 3 is 2.80 bits per heavy atom. The number of rotatable bonds is 4. The van der Waals surface area contributed by atoms with Crippen molar-refractivity contribution in [3.63, 3.8) is 0 Å². The number of nitrogens with zero attached hydrogens (tertiary/aromatic N) is 3. The third kappa shape index (κ3) is 2.55. The molecule has 0 radical (unpaired) electrons. The predicted octanol–water partition coefficient (Wildman–Crippen LogP) is 4.49. The lowest BCUT2D eigenvalue weighted by Crippen LogP contribution is -2.00. The Morgan fingerprint density at radius 2 is 2.10 bits per heavy atom. The molecule has 104 valence electrons. The van der Waals surface area contributed by atoms with Crippen LogP contribution in [-0.2, 0) is 5.75 Å². The molecule has 0 unspecified atom stereocenters. The van der Waals surface area contributed by atoms with Crippen LogP contribution in [0.4, 0.5) is 8.78 Å². The van der Waals surface area contributed by atoms with E-state index in [0.29, 0.717) is 21.9 Å². The van der Waals surface area contributed by atoms with E-state index in [0.717, 1.165) is 15.3 Å². The second-order valence-corrected chi connectivity index (χ2v) is 6.18. The van der Waals surface area contributed by atoms with Crippen molar-refractivity contribution in [2.45, 2.75) is 24.4 Å². The first-order valence-corrected chi connectivity index (χ1v) is 7.80. The number of thiazole rings is 1. The molecule has 7 heteroatoms. The highest BCUT2D eigenvalue weighted by Gasteiger charge is 2.18. The van der Waals surface area contributed by atoms with Crippen molar-refractivity contribution in [3.05, 3.63) is 40.3 Å². The maximum absolute atomic E-state index is 13.2. The molecule has 20 heavy (non-hydrogen) atoms. The van der Waals surface area contributed by atoms with Crippen LogP contribution in [0.3, 0.4) is 0 Å². The zero-order valence-electron chi connectivity index (χ0n) is 10.6. The first-order chi connectivity index (χ1) is 9.65. The monoisotopic (exact) mass is 311 g/mol. The molecule has 0 aliphatic heterocycles. The van der Waals surface area contributed by atoms with Crippen LogP contribution in [0.2, 0.25) is 0 Å². The first-order valence-electron chi connectivity index (χ1n) is 5.94. The topological polar surface area (TPSA) is 30.7 Å². The van der Waals surface area contributed by atoms with Gasteiger partial charge in [-0.3, -0.25) is 4.57 Å². The smallest absolute Gasteiger partial charge is 0.261 e. The number of halogens is 2. The van der Waals surface area contributed by atoms with Crippen LogP contribution in [0.5, 0.6) is 0 Å². The molecule has 1 aromatic carbocycles.